The van der Waals surface area contributed by atoms with Gasteiger partial charge in [0.05, 0.1) is 6.42 Å². The second-order valence-corrected chi connectivity index (χ2v) is 6.39. The molecule has 3 amide bonds. The molecule has 2 aromatic carbocycles. The molecule has 7 heteroatoms. The summed E-state index contributed by atoms with van der Waals surface area (Å²) in [5, 5.41) is 9.06. The highest BCUT2D eigenvalue weighted by Crippen LogP contribution is 2.10. The van der Waals surface area contributed by atoms with Gasteiger partial charge in [-0.1, -0.05) is 31.2 Å². The van der Waals surface area contributed by atoms with Gasteiger partial charge in [-0.15, -0.1) is 0 Å². The van der Waals surface area contributed by atoms with E-state index in [4.69, 9.17) is 0 Å². The Morgan fingerprint density at radius 2 is 1.64 bits per heavy atom. The zero-order valence-corrected chi connectivity index (χ0v) is 16.2. The van der Waals surface area contributed by atoms with Gasteiger partial charge in [0.25, 0.3) is 0 Å². The molecule has 0 aliphatic heterocycles. The van der Waals surface area contributed by atoms with Crippen LogP contribution >= 0.6 is 0 Å². The Morgan fingerprint density at radius 1 is 0.929 bits per heavy atom. The largest absolute Gasteiger partial charge is 0.329 e. The summed E-state index contributed by atoms with van der Waals surface area (Å²) in [4.78, 5) is 35.8. The molecule has 0 aliphatic carbocycles. The predicted molar refractivity (Wildman–Crippen MR) is 110 cm³/mol. The van der Waals surface area contributed by atoms with Crippen LogP contribution in [0.4, 0.5) is 11.4 Å². The Kier molecular flexibility index (Phi) is 7.45. The molecular weight excluding hydrogens is 356 g/mol. The third-order valence-corrected chi connectivity index (χ3v) is 3.89. The first-order valence-electron chi connectivity index (χ1n) is 8.97. The second kappa shape index (κ2) is 10.0. The van der Waals surface area contributed by atoms with E-state index >= 15 is 0 Å². The highest BCUT2D eigenvalue weighted by Gasteiger charge is 2.13. The van der Waals surface area contributed by atoms with Gasteiger partial charge < -0.3 is 10.6 Å². The minimum atomic E-state index is -0.905. The fraction of sp³-hybridized carbons (Fsp3) is 0.238. The molecule has 0 radical (unpaired) electrons. The SMILES string of the molecule is CCc1ccc(NC(=O)C(=O)NN=C(C)CC(=O)Nc2cccc(C)c2)cc1. The van der Waals surface area contributed by atoms with Crippen LogP contribution in [0.1, 0.15) is 31.4 Å². The zero-order valence-electron chi connectivity index (χ0n) is 16.2. The van der Waals surface area contributed by atoms with Crippen molar-refractivity contribution >= 4 is 34.8 Å². The number of benzene rings is 2. The van der Waals surface area contributed by atoms with Gasteiger partial charge in [0.2, 0.25) is 5.91 Å². The zero-order chi connectivity index (χ0) is 20.5. The summed E-state index contributed by atoms with van der Waals surface area (Å²) in [7, 11) is 0. The highest BCUT2D eigenvalue weighted by atomic mass is 16.2. The number of anilines is 2. The number of nitrogens with zero attached hydrogens (tertiary/aromatic N) is 1. The summed E-state index contributed by atoms with van der Waals surface area (Å²) in [6.07, 6.45) is 0.883. The summed E-state index contributed by atoms with van der Waals surface area (Å²) < 4.78 is 0. The first-order chi connectivity index (χ1) is 13.4. The maximum absolute atomic E-state index is 12.0. The molecule has 0 atom stereocenters. The summed E-state index contributed by atoms with van der Waals surface area (Å²) in [5.74, 6) is -2.00. The quantitative estimate of drug-likeness (QED) is 0.408. The number of rotatable bonds is 6. The van der Waals surface area contributed by atoms with E-state index < -0.39 is 11.8 Å². The third-order valence-electron chi connectivity index (χ3n) is 3.89. The van der Waals surface area contributed by atoms with Crippen molar-refractivity contribution in [1.29, 1.82) is 0 Å². The van der Waals surface area contributed by atoms with Crippen molar-refractivity contribution in [3.63, 3.8) is 0 Å². The van der Waals surface area contributed by atoms with Crippen LogP contribution in [0.5, 0.6) is 0 Å². The molecule has 0 aliphatic rings. The van der Waals surface area contributed by atoms with Gasteiger partial charge in [0.15, 0.2) is 0 Å². The lowest BCUT2D eigenvalue weighted by atomic mass is 10.1. The van der Waals surface area contributed by atoms with E-state index in [2.05, 4.69) is 21.2 Å². The van der Waals surface area contributed by atoms with Crippen LogP contribution in [0.2, 0.25) is 0 Å². The van der Waals surface area contributed by atoms with E-state index in [-0.39, 0.29) is 12.3 Å². The topological polar surface area (TPSA) is 99.7 Å². The minimum Gasteiger partial charge on any atom is -0.326 e. The van der Waals surface area contributed by atoms with E-state index in [1.54, 1.807) is 25.1 Å². The number of hydrogen-bond acceptors (Lipinski definition) is 4. The number of nitrogens with one attached hydrogen (secondary N) is 3. The van der Waals surface area contributed by atoms with Crippen LogP contribution in [0, 0.1) is 6.92 Å². The lowest BCUT2D eigenvalue weighted by molar-refractivity contribution is -0.136. The van der Waals surface area contributed by atoms with Gasteiger partial charge in [-0.25, -0.2) is 5.43 Å². The number of amides is 3. The molecule has 0 bridgehead atoms. The molecule has 0 aromatic heterocycles. The standard InChI is InChI=1S/C21H24N4O3/c1-4-16-8-10-17(11-9-16)23-20(27)21(28)25-24-15(3)13-19(26)22-18-7-5-6-14(2)12-18/h5-12H,4,13H2,1-3H3,(H,22,26)(H,23,27)(H,25,28). The molecule has 2 rings (SSSR count). The van der Waals surface area contributed by atoms with Crippen molar-refractivity contribution in [2.24, 2.45) is 5.10 Å². The van der Waals surface area contributed by atoms with Crippen LogP contribution in [0.3, 0.4) is 0 Å². The molecule has 28 heavy (non-hydrogen) atoms. The lowest BCUT2D eigenvalue weighted by Gasteiger charge is -2.07. The van der Waals surface area contributed by atoms with Crippen LogP contribution in [0.25, 0.3) is 0 Å². The summed E-state index contributed by atoms with van der Waals surface area (Å²) in [5.41, 5.74) is 5.91. The fourth-order valence-electron chi connectivity index (χ4n) is 2.41. The van der Waals surface area contributed by atoms with Crippen molar-refractivity contribution in [1.82, 2.24) is 5.43 Å². The van der Waals surface area contributed by atoms with Gasteiger partial charge in [-0.2, -0.15) is 5.10 Å². The second-order valence-electron chi connectivity index (χ2n) is 6.39. The Labute approximate surface area is 164 Å². The van der Waals surface area contributed by atoms with Crippen LogP contribution in [0.15, 0.2) is 53.6 Å². The molecule has 2 aromatic rings. The van der Waals surface area contributed by atoms with Crippen molar-refractivity contribution in [3.8, 4) is 0 Å². The van der Waals surface area contributed by atoms with Gasteiger partial charge in [-0.05, 0) is 55.7 Å². The predicted octanol–water partition coefficient (Wildman–Crippen LogP) is 3.02. The minimum absolute atomic E-state index is 0.00563. The van der Waals surface area contributed by atoms with E-state index in [0.29, 0.717) is 17.1 Å². The maximum atomic E-state index is 12.0. The molecule has 0 heterocycles. The third kappa shape index (κ3) is 6.68. The molecule has 0 unspecified atom stereocenters. The molecule has 3 N–H and O–H groups in total. The normalized spacial score (nSPS) is 10.9. The van der Waals surface area contributed by atoms with Crippen LogP contribution in [-0.4, -0.2) is 23.4 Å². The van der Waals surface area contributed by atoms with Gasteiger partial charge in [-0.3, -0.25) is 14.4 Å². The average Bonchev–Trinajstić information content (AvgIpc) is 2.66. The van der Waals surface area contributed by atoms with Gasteiger partial charge in [0.1, 0.15) is 0 Å². The molecule has 7 nitrogen and oxygen atoms in total. The Bertz CT molecular complexity index is 889. The summed E-state index contributed by atoms with van der Waals surface area (Å²) in [6.45, 7) is 5.56. The highest BCUT2D eigenvalue weighted by molar-refractivity contribution is 6.39. The Morgan fingerprint density at radius 3 is 2.29 bits per heavy atom. The number of hydrogen-bond donors (Lipinski definition) is 3. The molecule has 146 valence electrons. The van der Waals surface area contributed by atoms with Crippen molar-refractivity contribution in [2.75, 3.05) is 10.6 Å². The number of carbonyl (C=O) groups excluding carboxylic acids is 3. The molecule has 0 spiro atoms. The maximum Gasteiger partial charge on any atom is 0.329 e. The number of hydrazone groups is 1. The smallest absolute Gasteiger partial charge is 0.326 e. The molecular formula is C21H24N4O3. The number of aryl methyl sites for hydroxylation is 2. The molecule has 0 saturated carbocycles. The molecule has 0 fully saturated rings. The fourth-order valence-corrected chi connectivity index (χ4v) is 2.41. The average molecular weight is 380 g/mol. The summed E-state index contributed by atoms with van der Waals surface area (Å²) >= 11 is 0. The monoisotopic (exact) mass is 380 g/mol. The van der Waals surface area contributed by atoms with Gasteiger partial charge >= 0.3 is 11.8 Å². The first-order valence-corrected chi connectivity index (χ1v) is 8.97. The Hall–Kier alpha value is -3.48. The molecule has 0 saturated heterocycles. The van der Waals surface area contributed by atoms with Gasteiger partial charge in [0, 0.05) is 17.1 Å². The van der Waals surface area contributed by atoms with E-state index in [1.807, 2.05) is 44.2 Å². The first kappa shape index (κ1) is 20.8. The van der Waals surface area contributed by atoms with Crippen molar-refractivity contribution in [3.05, 3.63) is 59.7 Å². The van der Waals surface area contributed by atoms with E-state index in [9.17, 15) is 14.4 Å². The summed E-state index contributed by atoms with van der Waals surface area (Å²) in [6, 6.07) is 14.6. The van der Waals surface area contributed by atoms with Crippen LogP contribution in [-0.2, 0) is 20.8 Å². The number of carbonyl (C=O) groups is 3. The lowest BCUT2D eigenvalue weighted by Crippen LogP contribution is -2.33. The van der Waals surface area contributed by atoms with E-state index in [0.717, 1.165) is 17.5 Å². The Balaban J connectivity index is 1.82. The van der Waals surface area contributed by atoms with E-state index in [1.165, 1.54) is 0 Å². The van der Waals surface area contributed by atoms with Crippen LogP contribution < -0.4 is 16.1 Å². The van der Waals surface area contributed by atoms with Crippen molar-refractivity contribution in [2.45, 2.75) is 33.6 Å². The van der Waals surface area contributed by atoms with Crippen molar-refractivity contribution < 1.29 is 14.4 Å².